The van der Waals surface area contributed by atoms with E-state index in [4.69, 9.17) is 19.5 Å². The first-order valence-corrected chi connectivity index (χ1v) is 5.85. The minimum Gasteiger partial charge on any atom is -0.495 e. The number of hydrogen-bond acceptors (Lipinski definition) is 5. The van der Waals surface area contributed by atoms with Gasteiger partial charge in [0.1, 0.15) is 22.0 Å². The van der Waals surface area contributed by atoms with Crippen LogP contribution < -0.4 is 9.47 Å². The molecule has 0 aliphatic carbocycles. The average molecular weight is 314 g/mol. The first-order valence-electron chi connectivity index (χ1n) is 5.05. The van der Waals surface area contributed by atoms with Crippen molar-refractivity contribution in [2.75, 3.05) is 14.2 Å². The molecule has 96 valence electrons. The van der Waals surface area contributed by atoms with Crippen molar-refractivity contribution < 1.29 is 19.0 Å². The molecule has 6 heteroatoms. The molecule has 0 fully saturated rings. The van der Waals surface area contributed by atoms with Gasteiger partial charge in [0, 0.05) is 0 Å². The van der Waals surface area contributed by atoms with E-state index in [-0.39, 0.29) is 5.56 Å². The summed E-state index contributed by atoms with van der Waals surface area (Å²) >= 11 is 3.29. The van der Waals surface area contributed by atoms with E-state index < -0.39 is 12.1 Å². The van der Waals surface area contributed by atoms with E-state index >= 15 is 0 Å². The van der Waals surface area contributed by atoms with Gasteiger partial charge in [-0.1, -0.05) is 0 Å². The predicted molar refractivity (Wildman–Crippen MR) is 67.7 cm³/mol. The van der Waals surface area contributed by atoms with Gasteiger partial charge in [0.25, 0.3) is 0 Å². The number of nitrogens with zero attached hydrogens (tertiary/aromatic N) is 1. The number of benzene rings is 1. The van der Waals surface area contributed by atoms with Crippen molar-refractivity contribution in [2.24, 2.45) is 0 Å². The molecule has 0 saturated heterocycles. The number of ether oxygens (including phenoxy) is 3. The van der Waals surface area contributed by atoms with Crippen LogP contribution in [-0.4, -0.2) is 26.3 Å². The molecule has 0 N–H and O–H groups in total. The molecule has 0 heterocycles. The molecule has 0 spiro atoms. The van der Waals surface area contributed by atoms with Gasteiger partial charge in [0.05, 0.1) is 19.8 Å². The Bertz CT molecular complexity index is 470. The third-order valence-electron chi connectivity index (χ3n) is 2.15. The van der Waals surface area contributed by atoms with Crippen molar-refractivity contribution in [3.05, 3.63) is 22.2 Å². The molecule has 0 radical (unpaired) electrons. The maximum absolute atomic E-state index is 11.8. The molecule has 0 aliphatic rings. The molecule has 0 amide bonds. The third kappa shape index (κ3) is 3.14. The van der Waals surface area contributed by atoms with Crippen LogP contribution in [0, 0.1) is 11.3 Å². The van der Waals surface area contributed by atoms with E-state index in [1.807, 2.05) is 6.07 Å². The van der Waals surface area contributed by atoms with Crippen molar-refractivity contribution in [1.29, 1.82) is 5.26 Å². The highest BCUT2D eigenvalue weighted by atomic mass is 79.9. The van der Waals surface area contributed by atoms with Gasteiger partial charge in [0.15, 0.2) is 6.10 Å². The van der Waals surface area contributed by atoms with Crippen LogP contribution in [0.1, 0.15) is 17.3 Å². The molecule has 0 saturated carbocycles. The van der Waals surface area contributed by atoms with Crippen LogP contribution in [0.2, 0.25) is 0 Å². The number of esters is 1. The Labute approximate surface area is 113 Å². The zero-order valence-electron chi connectivity index (χ0n) is 10.2. The van der Waals surface area contributed by atoms with Crippen LogP contribution in [0.5, 0.6) is 11.5 Å². The summed E-state index contributed by atoms with van der Waals surface area (Å²) in [5.41, 5.74) is 0.258. The zero-order chi connectivity index (χ0) is 13.7. The SMILES string of the molecule is COc1cc(C(=O)OC(C)C#N)cc(OC)c1Br. The Kier molecular flexibility index (Phi) is 4.98. The number of methoxy groups -OCH3 is 2. The van der Waals surface area contributed by atoms with E-state index in [1.165, 1.54) is 33.3 Å². The summed E-state index contributed by atoms with van der Waals surface area (Å²) < 4.78 is 15.7. The summed E-state index contributed by atoms with van der Waals surface area (Å²) in [7, 11) is 2.96. The van der Waals surface area contributed by atoms with E-state index in [9.17, 15) is 4.79 Å². The lowest BCUT2D eigenvalue weighted by molar-refractivity contribution is 0.0434. The third-order valence-corrected chi connectivity index (χ3v) is 2.93. The molecular formula is C12H12BrNO4. The molecule has 5 nitrogen and oxygen atoms in total. The second kappa shape index (κ2) is 6.26. The molecule has 0 aliphatic heterocycles. The highest BCUT2D eigenvalue weighted by Crippen LogP contribution is 2.35. The highest BCUT2D eigenvalue weighted by Gasteiger charge is 2.17. The van der Waals surface area contributed by atoms with Crippen molar-refractivity contribution >= 4 is 21.9 Å². The van der Waals surface area contributed by atoms with Crippen molar-refractivity contribution in [2.45, 2.75) is 13.0 Å². The Hall–Kier alpha value is -1.74. The zero-order valence-corrected chi connectivity index (χ0v) is 11.8. The van der Waals surface area contributed by atoms with Crippen LogP contribution in [0.25, 0.3) is 0 Å². The maximum Gasteiger partial charge on any atom is 0.339 e. The molecule has 1 aromatic rings. The lowest BCUT2D eigenvalue weighted by atomic mass is 10.2. The standard InChI is InChI=1S/C12H12BrNO4/c1-7(6-14)18-12(15)8-4-9(16-2)11(13)10(5-8)17-3/h4-5,7H,1-3H3. The smallest absolute Gasteiger partial charge is 0.339 e. The summed E-state index contributed by atoms with van der Waals surface area (Å²) in [4.78, 5) is 11.8. The number of carbonyl (C=O) groups is 1. The van der Waals surface area contributed by atoms with Crippen LogP contribution in [0.15, 0.2) is 16.6 Å². The number of rotatable bonds is 4. The van der Waals surface area contributed by atoms with Crippen LogP contribution in [0.4, 0.5) is 0 Å². The molecular weight excluding hydrogens is 302 g/mol. The number of hydrogen-bond donors (Lipinski definition) is 0. The largest absolute Gasteiger partial charge is 0.495 e. The Balaban J connectivity index is 3.10. The van der Waals surface area contributed by atoms with E-state index in [0.29, 0.717) is 16.0 Å². The normalized spacial score (nSPS) is 11.3. The first-order chi connectivity index (χ1) is 8.53. The van der Waals surface area contributed by atoms with Gasteiger partial charge in [-0.15, -0.1) is 0 Å². The van der Waals surface area contributed by atoms with E-state index in [1.54, 1.807) is 0 Å². The van der Waals surface area contributed by atoms with Crippen LogP contribution in [-0.2, 0) is 4.74 Å². The van der Waals surface area contributed by atoms with Gasteiger partial charge in [-0.05, 0) is 35.0 Å². The van der Waals surface area contributed by atoms with Gasteiger partial charge in [-0.2, -0.15) is 5.26 Å². The Morgan fingerprint density at radius 2 is 1.83 bits per heavy atom. The highest BCUT2D eigenvalue weighted by molar-refractivity contribution is 9.10. The fourth-order valence-corrected chi connectivity index (χ4v) is 1.79. The molecule has 0 aromatic heterocycles. The fraction of sp³-hybridized carbons (Fsp3) is 0.333. The Morgan fingerprint density at radius 1 is 1.33 bits per heavy atom. The maximum atomic E-state index is 11.8. The second-order valence-corrected chi connectivity index (χ2v) is 4.16. The topological polar surface area (TPSA) is 68.5 Å². The van der Waals surface area contributed by atoms with E-state index in [0.717, 1.165) is 0 Å². The Morgan fingerprint density at radius 3 is 2.22 bits per heavy atom. The summed E-state index contributed by atoms with van der Waals surface area (Å²) in [6.45, 7) is 1.49. The average Bonchev–Trinajstić information content (AvgIpc) is 2.38. The predicted octanol–water partition coefficient (Wildman–Crippen LogP) is 2.54. The minimum atomic E-state index is -0.807. The minimum absolute atomic E-state index is 0.258. The number of halogens is 1. The van der Waals surface area contributed by atoms with E-state index in [2.05, 4.69) is 15.9 Å². The van der Waals surface area contributed by atoms with Crippen molar-refractivity contribution in [3.8, 4) is 17.6 Å². The summed E-state index contributed by atoms with van der Waals surface area (Å²) in [5, 5.41) is 8.59. The monoisotopic (exact) mass is 313 g/mol. The van der Waals surface area contributed by atoms with Crippen molar-refractivity contribution in [3.63, 3.8) is 0 Å². The fourth-order valence-electron chi connectivity index (χ4n) is 1.24. The summed E-state index contributed by atoms with van der Waals surface area (Å²) in [5.74, 6) is 0.296. The van der Waals surface area contributed by atoms with Gasteiger partial charge in [-0.3, -0.25) is 0 Å². The summed E-state index contributed by atoms with van der Waals surface area (Å²) in [6.07, 6.45) is -0.807. The second-order valence-electron chi connectivity index (χ2n) is 3.37. The lowest BCUT2D eigenvalue weighted by Gasteiger charge is -2.11. The van der Waals surface area contributed by atoms with Crippen molar-refractivity contribution in [1.82, 2.24) is 0 Å². The van der Waals surface area contributed by atoms with Gasteiger partial charge < -0.3 is 14.2 Å². The lowest BCUT2D eigenvalue weighted by Crippen LogP contribution is -2.13. The first kappa shape index (κ1) is 14.3. The quantitative estimate of drug-likeness (QED) is 0.799. The molecule has 0 bridgehead atoms. The molecule has 1 unspecified atom stereocenters. The van der Waals surface area contributed by atoms with Crippen LogP contribution in [0.3, 0.4) is 0 Å². The van der Waals surface area contributed by atoms with Gasteiger partial charge >= 0.3 is 5.97 Å². The summed E-state index contributed by atoms with van der Waals surface area (Å²) in [6, 6.07) is 4.85. The molecule has 1 atom stereocenters. The van der Waals surface area contributed by atoms with Gasteiger partial charge in [0.2, 0.25) is 0 Å². The number of nitriles is 1. The molecule has 1 rings (SSSR count). The van der Waals surface area contributed by atoms with Crippen LogP contribution >= 0.6 is 15.9 Å². The van der Waals surface area contributed by atoms with Gasteiger partial charge in [-0.25, -0.2) is 4.79 Å². The number of carbonyl (C=O) groups excluding carboxylic acids is 1. The molecule has 1 aromatic carbocycles. The molecule has 18 heavy (non-hydrogen) atoms.